The van der Waals surface area contributed by atoms with Crippen LogP contribution < -0.4 is 10.5 Å². The molecule has 0 spiro atoms. The molecule has 4 nitrogen and oxygen atoms in total. The Morgan fingerprint density at radius 2 is 1.80 bits per heavy atom. The summed E-state index contributed by atoms with van der Waals surface area (Å²) in [6, 6.07) is 6.61. The summed E-state index contributed by atoms with van der Waals surface area (Å²) in [5.74, 6) is 0.230. The van der Waals surface area contributed by atoms with Gasteiger partial charge in [0.1, 0.15) is 0 Å². The van der Waals surface area contributed by atoms with Gasteiger partial charge in [-0.05, 0) is 30.2 Å². The van der Waals surface area contributed by atoms with Crippen LogP contribution in [0, 0.1) is 5.92 Å². The Balaban J connectivity index is 2.73. The summed E-state index contributed by atoms with van der Waals surface area (Å²) in [5, 5.41) is 0. The zero-order valence-corrected chi connectivity index (χ0v) is 9.71. The highest BCUT2D eigenvalue weighted by Crippen LogP contribution is 2.13. The zero-order chi connectivity index (χ0) is 11.5. The van der Waals surface area contributed by atoms with Crippen molar-refractivity contribution in [1.29, 1.82) is 0 Å². The maximum Gasteiger partial charge on any atom is 0.232 e. The molecule has 3 N–H and O–H groups in total. The summed E-state index contributed by atoms with van der Waals surface area (Å²) < 4.78 is 25.6. The SMILES string of the molecule is CC(C)CS(=O)(=O)Nc1ccc(N)cc1. The molecule has 0 heterocycles. The second-order valence-electron chi connectivity index (χ2n) is 3.90. The van der Waals surface area contributed by atoms with Crippen LogP contribution in [0.1, 0.15) is 13.8 Å². The third-order valence-corrected chi connectivity index (χ3v) is 3.39. The summed E-state index contributed by atoms with van der Waals surface area (Å²) in [6.45, 7) is 3.73. The molecule has 0 aliphatic rings. The molecule has 0 bridgehead atoms. The number of rotatable bonds is 4. The van der Waals surface area contributed by atoms with E-state index in [-0.39, 0.29) is 11.7 Å². The van der Waals surface area contributed by atoms with Gasteiger partial charge in [-0.3, -0.25) is 4.72 Å². The van der Waals surface area contributed by atoms with E-state index in [0.717, 1.165) is 0 Å². The Hall–Kier alpha value is -1.23. The van der Waals surface area contributed by atoms with E-state index in [4.69, 9.17) is 5.73 Å². The van der Waals surface area contributed by atoms with Crippen LogP contribution in [-0.2, 0) is 10.0 Å². The number of nitrogen functional groups attached to an aromatic ring is 1. The van der Waals surface area contributed by atoms with Gasteiger partial charge in [0.2, 0.25) is 10.0 Å². The molecule has 1 aromatic carbocycles. The van der Waals surface area contributed by atoms with Crippen molar-refractivity contribution in [3.63, 3.8) is 0 Å². The van der Waals surface area contributed by atoms with E-state index < -0.39 is 10.0 Å². The molecule has 84 valence electrons. The highest BCUT2D eigenvalue weighted by Gasteiger charge is 2.12. The van der Waals surface area contributed by atoms with E-state index in [1.54, 1.807) is 24.3 Å². The number of sulfonamides is 1. The molecular formula is C10H16N2O2S. The van der Waals surface area contributed by atoms with Crippen LogP contribution in [0.2, 0.25) is 0 Å². The van der Waals surface area contributed by atoms with Gasteiger partial charge in [-0.25, -0.2) is 8.42 Å². The van der Waals surface area contributed by atoms with Crippen molar-refractivity contribution in [2.45, 2.75) is 13.8 Å². The summed E-state index contributed by atoms with van der Waals surface area (Å²) in [7, 11) is -3.24. The number of nitrogens with one attached hydrogen (secondary N) is 1. The molecule has 0 aliphatic heterocycles. The van der Waals surface area contributed by atoms with Gasteiger partial charge >= 0.3 is 0 Å². The maximum atomic E-state index is 11.6. The lowest BCUT2D eigenvalue weighted by Crippen LogP contribution is -2.19. The van der Waals surface area contributed by atoms with E-state index in [0.29, 0.717) is 11.4 Å². The largest absolute Gasteiger partial charge is 0.399 e. The smallest absolute Gasteiger partial charge is 0.232 e. The minimum atomic E-state index is -3.24. The summed E-state index contributed by atoms with van der Waals surface area (Å²) in [5.41, 5.74) is 6.65. The average Bonchev–Trinajstić information content (AvgIpc) is 2.06. The zero-order valence-electron chi connectivity index (χ0n) is 8.90. The molecule has 5 heteroatoms. The van der Waals surface area contributed by atoms with Crippen LogP contribution in [-0.4, -0.2) is 14.2 Å². The van der Waals surface area contributed by atoms with Crippen LogP contribution in [0.3, 0.4) is 0 Å². The molecule has 1 rings (SSSR count). The molecule has 0 aromatic heterocycles. The van der Waals surface area contributed by atoms with Crippen LogP contribution in [0.25, 0.3) is 0 Å². The van der Waals surface area contributed by atoms with Crippen LogP contribution in [0.15, 0.2) is 24.3 Å². The monoisotopic (exact) mass is 228 g/mol. The van der Waals surface area contributed by atoms with E-state index in [1.165, 1.54) is 0 Å². The molecule has 0 saturated heterocycles. The van der Waals surface area contributed by atoms with Gasteiger partial charge in [0.05, 0.1) is 5.75 Å². The standard InChI is InChI=1S/C10H16N2O2S/c1-8(2)7-15(13,14)12-10-5-3-9(11)4-6-10/h3-6,8,12H,7,11H2,1-2H3. The number of benzene rings is 1. The number of hydrogen-bond acceptors (Lipinski definition) is 3. The van der Waals surface area contributed by atoms with Crippen molar-refractivity contribution in [1.82, 2.24) is 0 Å². The fourth-order valence-electron chi connectivity index (χ4n) is 1.21. The predicted molar refractivity (Wildman–Crippen MR) is 63.1 cm³/mol. The summed E-state index contributed by atoms with van der Waals surface area (Å²) >= 11 is 0. The van der Waals surface area contributed by atoms with Gasteiger partial charge in [-0.15, -0.1) is 0 Å². The highest BCUT2D eigenvalue weighted by atomic mass is 32.2. The first kappa shape index (κ1) is 11.8. The van der Waals surface area contributed by atoms with Gasteiger partial charge in [-0.2, -0.15) is 0 Å². The quantitative estimate of drug-likeness (QED) is 0.770. The Morgan fingerprint density at radius 1 is 1.27 bits per heavy atom. The van der Waals surface area contributed by atoms with E-state index in [9.17, 15) is 8.42 Å². The molecule has 0 saturated carbocycles. The fraction of sp³-hybridized carbons (Fsp3) is 0.400. The fourth-order valence-corrected chi connectivity index (χ4v) is 2.67. The molecule has 0 aliphatic carbocycles. The molecule has 0 atom stereocenters. The Labute approximate surface area is 90.5 Å². The Bertz CT molecular complexity index is 410. The number of nitrogens with two attached hydrogens (primary N) is 1. The van der Waals surface area contributed by atoms with Crippen LogP contribution in [0.5, 0.6) is 0 Å². The Kier molecular flexibility index (Phi) is 3.57. The Morgan fingerprint density at radius 3 is 2.27 bits per heavy atom. The van der Waals surface area contributed by atoms with Crippen molar-refractivity contribution in [3.8, 4) is 0 Å². The minimum Gasteiger partial charge on any atom is -0.399 e. The summed E-state index contributed by atoms with van der Waals surface area (Å²) in [4.78, 5) is 0. The van der Waals surface area contributed by atoms with Crippen molar-refractivity contribution in [2.24, 2.45) is 5.92 Å². The van der Waals surface area contributed by atoms with Gasteiger partial charge in [0.25, 0.3) is 0 Å². The minimum absolute atomic E-state index is 0.108. The first-order valence-corrected chi connectivity index (χ1v) is 6.40. The highest BCUT2D eigenvalue weighted by molar-refractivity contribution is 7.92. The molecule has 0 fully saturated rings. The van der Waals surface area contributed by atoms with Crippen molar-refractivity contribution in [2.75, 3.05) is 16.2 Å². The van der Waals surface area contributed by atoms with Crippen LogP contribution >= 0.6 is 0 Å². The lowest BCUT2D eigenvalue weighted by Gasteiger charge is -2.09. The van der Waals surface area contributed by atoms with Crippen molar-refractivity contribution >= 4 is 21.4 Å². The van der Waals surface area contributed by atoms with Gasteiger partial charge < -0.3 is 5.73 Å². The molecule has 1 aromatic rings. The molecule has 0 unspecified atom stereocenters. The first-order valence-electron chi connectivity index (χ1n) is 4.75. The molecular weight excluding hydrogens is 212 g/mol. The average molecular weight is 228 g/mol. The lowest BCUT2D eigenvalue weighted by molar-refractivity contribution is 0.587. The van der Waals surface area contributed by atoms with Gasteiger partial charge in [-0.1, -0.05) is 13.8 Å². The topological polar surface area (TPSA) is 72.2 Å². The second kappa shape index (κ2) is 4.53. The van der Waals surface area contributed by atoms with Crippen molar-refractivity contribution in [3.05, 3.63) is 24.3 Å². The third-order valence-electron chi connectivity index (χ3n) is 1.74. The second-order valence-corrected chi connectivity index (χ2v) is 5.67. The number of anilines is 2. The summed E-state index contributed by atoms with van der Waals surface area (Å²) in [6.07, 6.45) is 0. The first-order chi connectivity index (χ1) is 6.89. The third kappa shape index (κ3) is 4.20. The lowest BCUT2D eigenvalue weighted by atomic mass is 10.3. The van der Waals surface area contributed by atoms with E-state index in [2.05, 4.69) is 4.72 Å². The van der Waals surface area contributed by atoms with Crippen LogP contribution in [0.4, 0.5) is 11.4 Å². The number of hydrogen-bond donors (Lipinski definition) is 2. The molecule has 15 heavy (non-hydrogen) atoms. The van der Waals surface area contributed by atoms with E-state index >= 15 is 0 Å². The normalized spacial score (nSPS) is 11.7. The van der Waals surface area contributed by atoms with Gasteiger partial charge in [0, 0.05) is 11.4 Å². The van der Waals surface area contributed by atoms with Crippen molar-refractivity contribution < 1.29 is 8.42 Å². The van der Waals surface area contributed by atoms with E-state index in [1.807, 2.05) is 13.8 Å². The molecule has 0 radical (unpaired) electrons. The predicted octanol–water partition coefficient (Wildman–Crippen LogP) is 1.67. The maximum absolute atomic E-state index is 11.6. The molecule has 0 amide bonds. The van der Waals surface area contributed by atoms with Gasteiger partial charge in [0.15, 0.2) is 0 Å².